The minimum atomic E-state index is -0.434. The van der Waals surface area contributed by atoms with Gasteiger partial charge in [-0.1, -0.05) is 29.8 Å². The molecule has 1 aliphatic heterocycles. The summed E-state index contributed by atoms with van der Waals surface area (Å²) >= 11 is 3.39. The van der Waals surface area contributed by atoms with E-state index in [4.69, 9.17) is 4.74 Å². The number of benzene rings is 1. The number of nitrogens with zero attached hydrogens (tertiary/aromatic N) is 1. The van der Waals surface area contributed by atoms with Crippen molar-refractivity contribution in [2.75, 3.05) is 26.2 Å². The summed E-state index contributed by atoms with van der Waals surface area (Å²) in [7, 11) is 0. The van der Waals surface area contributed by atoms with Gasteiger partial charge in [0.1, 0.15) is 18.5 Å². The van der Waals surface area contributed by atoms with Crippen LogP contribution in [0.5, 0.6) is 5.75 Å². The van der Waals surface area contributed by atoms with Gasteiger partial charge in [-0.25, -0.2) is 0 Å². The zero-order valence-corrected chi connectivity index (χ0v) is 13.8. The highest BCUT2D eigenvalue weighted by atomic mass is 79.9. The molecular weight excluding hydrogens is 318 g/mol. The van der Waals surface area contributed by atoms with Gasteiger partial charge >= 0.3 is 0 Å². The first kappa shape index (κ1) is 15.8. The molecule has 1 saturated heterocycles. The lowest BCUT2D eigenvalue weighted by atomic mass is 9.92. The van der Waals surface area contributed by atoms with Crippen molar-refractivity contribution in [2.24, 2.45) is 11.8 Å². The maximum Gasteiger partial charge on any atom is 0.119 e. The van der Waals surface area contributed by atoms with Crippen molar-refractivity contribution in [3.05, 3.63) is 28.7 Å². The van der Waals surface area contributed by atoms with Crippen molar-refractivity contribution >= 4 is 15.9 Å². The fourth-order valence-corrected chi connectivity index (χ4v) is 3.28. The van der Waals surface area contributed by atoms with Crippen LogP contribution in [0.1, 0.15) is 20.3 Å². The lowest BCUT2D eigenvalue weighted by molar-refractivity contribution is 0.0429. The Hall–Kier alpha value is -0.580. The van der Waals surface area contributed by atoms with Crippen molar-refractivity contribution in [1.82, 2.24) is 4.90 Å². The summed E-state index contributed by atoms with van der Waals surface area (Å²) in [6, 6.07) is 7.69. The van der Waals surface area contributed by atoms with E-state index < -0.39 is 6.10 Å². The molecule has 1 aliphatic rings. The van der Waals surface area contributed by atoms with E-state index >= 15 is 0 Å². The Morgan fingerprint density at radius 3 is 2.45 bits per heavy atom. The Bertz CT molecular complexity index is 399. The fraction of sp³-hybridized carbons (Fsp3) is 0.625. The summed E-state index contributed by atoms with van der Waals surface area (Å²) in [5.74, 6) is 2.24. The molecular formula is C16H24BrNO2. The predicted molar refractivity (Wildman–Crippen MR) is 85.0 cm³/mol. The first-order valence-electron chi connectivity index (χ1n) is 7.31. The standard InChI is InChI=1S/C16H24BrNO2/c1-12-7-13(2)9-18(8-12)10-15(19)11-20-16-5-3-14(17)4-6-16/h3-6,12-13,15,19H,7-11H2,1-2H3/t12-,13+,15-/m1/s1. The topological polar surface area (TPSA) is 32.7 Å². The molecule has 1 N–H and O–H groups in total. The first-order valence-corrected chi connectivity index (χ1v) is 8.11. The molecule has 0 spiro atoms. The summed E-state index contributed by atoms with van der Waals surface area (Å²) in [5, 5.41) is 10.1. The van der Waals surface area contributed by atoms with Gasteiger partial charge in [0, 0.05) is 24.1 Å². The zero-order chi connectivity index (χ0) is 14.5. The minimum Gasteiger partial charge on any atom is -0.491 e. The van der Waals surface area contributed by atoms with Crippen LogP contribution in [0, 0.1) is 11.8 Å². The van der Waals surface area contributed by atoms with E-state index in [1.807, 2.05) is 24.3 Å². The number of ether oxygens (including phenoxy) is 1. The average molecular weight is 342 g/mol. The number of piperidine rings is 1. The molecule has 0 unspecified atom stereocenters. The van der Waals surface area contributed by atoms with Crippen LogP contribution >= 0.6 is 15.9 Å². The van der Waals surface area contributed by atoms with Gasteiger partial charge in [-0.15, -0.1) is 0 Å². The fourth-order valence-electron chi connectivity index (χ4n) is 3.02. The van der Waals surface area contributed by atoms with Crippen molar-refractivity contribution in [1.29, 1.82) is 0 Å². The van der Waals surface area contributed by atoms with E-state index in [0.717, 1.165) is 35.1 Å². The average Bonchev–Trinajstić information content (AvgIpc) is 2.37. The largest absolute Gasteiger partial charge is 0.491 e. The lowest BCUT2D eigenvalue weighted by Gasteiger charge is -2.35. The second-order valence-corrected chi connectivity index (χ2v) is 7.00. The molecule has 0 radical (unpaired) electrons. The van der Waals surface area contributed by atoms with Gasteiger partial charge in [0.25, 0.3) is 0 Å². The van der Waals surface area contributed by atoms with Crippen LogP contribution in [0.15, 0.2) is 28.7 Å². The molecule has 1 aromatic rings. The summed E-state index contributed by atoms with van der Waals surface area (Å²) in [6.07, 6.45) is 0.860. The molecule has 4 heteroatoms. The van der Waals surface area contributed by atoms with Crippen LogP contribution in [0.4, 0.5) is 0 Å². The molecule has 0 aliphatic carbocycles. The summed E-state index contributed by atoms with van der Waals surface area (Å²) in [6.45, 7) is 7.78. The highest BCUT2D eigenvalue weighted by Gasteiger charge is 2.23. The second kappa shape index (κ2) is 7.43. The number of β-amino-alcohol motifs (C(OH)–C–C–N with tert-alkyl or cyclic N) is 1. The molecule has 0 aromatic heterocycles. The second-order valence-electron chi connectivity index (χ2n) is 6.08. The maximum atomic E-state index is 10.1. The van der Waals surface area contributed by atoms with Crippen molar-refractivity contribution < 1.29 is 9.84 Å². The molecule has 20 heavy (non-hydrogen) atoms. The monoisotopic (exact) mass is 341 g/mol. The summed E-state index contributed by atoms with van der Waals surface area (Å²) < 4.78 is 6.65. The molecule has 3 atom stereocenters. The highest BCUT2D eigenvalue weighted by Crippen LogP contribution is 2.21. The van der Waals surface area contributed by atoms with Crippen LogP contribution < -0.4 is 4.74 Å². The van der Waals surface area contributed by atoms with Gasteiger partial charge in [0.15, 0.2) is 0 Å². The molecule has 112 valence electrons. The summed E-state index contributed by atoms with van der Waals surface area (Å²) in [4.78, 5) is 2.36. The van der Waals surface area contributed by atoms with Crippen molar-refractivity contribution in [3.63, 3.8) is 0 Å². The number of aliphatic hydroxyl groups is 1. The first-order chi connectivity index (χ1) is 9.52. The molecule has 3 nitrogen and oxygen atoms in total. The molecule has 1 aromatic carbocycles. The quantitative estimate of drug-likeness (QED) is 0.892. The number of likely N-dealkylation sites (tertiary alicyclic amines) is 1. The highest BCUT2D eigenvalue weighted by molar-refractivity contribution is 9.10. The molecule has 2 rings (SSSR count). The molecule has 0 bridgehead atoms. The van der Waals surface area contributed by atoms with Crippen LogP contribution in [-0.2, 0) is 0 Å². The smallest absolute Gasteiger partial charge is 0.119 e. The third-order valence-electron chi connectivity index (χ3n) is 3.67. The van der Waals surface area contributed by atoms with E-state index in [1.165, 1.54) is 6.42 Å². The number of rotatable bonds is 5. The Morgan fingerprint density at radius 1 is 1.25 bits per heavy atom. The van der Waals surface area contributed by atoms with Crippen LogP contribution in [-0.4, -0.2) is 42.4 Å². The Balaban J connectivity index is 1.74. The van der Waals surface area contributed by atoms with Crippen LogP contribution in [0.3, 0.4) is 0 Å². The number of hydrogen-bond donors (Lipinski definition) is 1. The normalized spacial score (nSPS) is 25.4. The third-order valence-corrected chi connectivity index (χ3v) is 4.20. The van der Waals surface area contributed by atoms with Crippen LogP contribution in [0.2, 0.25) is 0 Å². The third kappa shape index (κ3) is 5.08. The van der Waals surface area contributed by atoms with Crippen LogP contribution in [0.25, 0.3) is 0 Å². The van der Waals surface area contributed by atoms with Gasteiger partial charge in [0.05, 0.1) is 0 Å². The SMILES string of the molecule is C[C@@H]1C[C@H](C)CN(C[C@@H](O)COc2ccc(Br)cc2)C1. The molecule has 0 amide bonds. The maximum absolute atomic E-state index is 10.1. The van der Waals surface area contributed by atoms with Crippen molar-refractivity contribution in [3.8, 4) is 5.75 Å². The van der Waals surface area contributed by atoms with E-state index in [2.05, 4.69) is 34.7 Å². The van der Waals surface area contributed by atoms with Gasteiger partial charge in [-0.2, -0.15) is 0 Å². The predicted octanol–water partition coefficient (Wildman–Crippen LogP) is 3.17. The number of halogens is 1. The van der Waals surface area contributed by atoms with Gasteiger partial charge in [0.2, 0.25) is 0 Å². The summed E-state index contributed by atoms with van der Waals surface area (Å²) in [5.41, 5.74) is 0. The van der Waals surface area contributed by atoms with E-state index in [0.29, 0.717) is 13.2 Å². The Kier molecular flexibility index (Phi) is 5.87. The van der Waals surface area contributed by atoms with Gasteiger partial charge in [-0.3, -0.25) is 0 Å². The minimum absolute atomic E-state index is 0.348. The zero-order valence-electron chi connectivity index (χ0n) is 12.3. The Morgan fingerprint density at radius 2 is 1.85 bits per heavy atom. The van der Waals surface area contributed by atoms with E-state index in [1.54, 1.807) is 0 Å². The number of aliphatic hydroxyl groups excluding tert-OH is 1. The van der Waals surface area contributed by atoms with Gasteiger partial charge < -0.3 is 14.7 Å². The molecule has 1 heterocycles. The number of hydrogen-bond acceptors (Lipinski definition) is 3. The van der Waals surface area contributed by atoms with Gasteiger partial charge in [-0.05, 0) is 42.5 Å². The van der Waals surface area contributed by atoms with E-state index in [-0.39, 0.29) is 0 Å². The molecule has 0 saturated carbocycles. The lowest BCUT2D eigenvalue weighted by Crippen LogP contribution is -2.43. The van der Waals surface area contributed by atoms with E-state index in [9.17, 15) is 5.11 Å². The Labute approximate surface area is 130 Å². The molecule has 1 fully saturated rings. The van der Waals surface area contributed by atoms with Crippen molar-refractivity contribution in [2.45, 2.75) is 26.4 Å².